The van der Waals surface area contributed by atoms with Gasteiger partial charge in [-0.2, -0.15) is 0 Å². The number of hydrogen-bond donors (Lipinski definition) is 1. The van der Waals surface area contributed by atoms with Gasteiger partial charge in [0.05, 0.1) is 25.4 Å². The van der Waals surface area contributed by atoms with Crippen LogP contribution in [0.1, 0.15) is 43.5 Å². The molecule has 7 rings (SSSR count). The minimum absolute atomic E-state index is 0.0542. The summed E-state index contributed by atoms with van der Waals surface area (Å²) in [6.45, 7) is 2.46. The van der Waals surface area contributed by atoms with Gasteiger partial charge in [-0.3, -0.25) is 9.69 Å². The van der Waals surface area contributed by atoms with Crippen molar-refractivity contribution >= 4 is 16.7 Å². The molecule has 0 aliphatic carbocycles. The van der Waals surface area contributed by atoms with Crippen LogP contribution in [-0.4, -0.2) is 64.3 Å². The van der Waals surface area contributed by atoms with Crippen molar-refractivity contribution in [3.8, 4) is 0 Å². The van der Waals surface area contributed by atoms with E-state index in [-0.39, 0.29) is 24.7 Å². The van der Waals surface area contributed by atoms with Crippen molar-refractivity contribution in [3.05, 3.63) is 35.5 Å². The number of hydrogen-bond acceptors (Lipinski definition) is 6. The smallest absolute Gasteiger partial charge is 0.232 e. The highest BCUT2D eigenvalue weighted by Gasteiger charge is 2.67. The molecule has 2 bridgehead atoms. The molecular formula is C26H32N2O5. The number of carbonyl (C=O) groups excluding carboxylic acids is 1. The number of carbonyl (C=O) groups is 1. The number of aryl methyl sites for hydroxylation is 1. The molecule has 0 radical (unpaired) electrons. The van der Waals surface area contributed by atoms with E-state index in [1.807, 2.05) is 6.92 Å². The molecule has 8 unspecified atom stereocenters. The van der Waals surface area contributed by atoms with Gasteiger partial charge in [-0.05, 0) is 44.4 Å². The van der Waals surface area contributed by atoms with Gasteiger partial charge < -0.3 is 23.9 Å². The van der Waals surface area contributed by atoms with Crippen LogP contribution in [0, 0.1) is 17.8 Å². The summed E-state index contributed by atoms with van der Waals surface area (Å²) in [5.41, 5.74) is 4.23. The molecule has 0 saturated carbocycles. The Bertz CT molecular complexity index is 1160. The number of aromatic nitrogens is 1. The average Bonchev–Trinajstić information content (AvgIpc) is 3.38. The number of ketones is 1. The van der Waals surface area contributed by atoms with E-state index in [2.05, 4.69) is 47.8 Å². The van der Waals surface area contributed by atoms with Gasteiger partial charge in [0.2, 0.25) is 5.79 Å². The minimum atomic E-state index is -1.26. The molecule has 5 aliphatic heterocycles. The Labute approximate surface area is 193 Å². The zero-order chi connectivity index (χ0) is 22.7. The second-order valence-corrected chi connectivity index (χ2v) is 11.0. The number of para-hydroxylation sites is 1. The first-order valence-electron chi connectivity index (χ1n) is 12.3. The number of ether oxygens (including phenoxy) is 3. The molecule has 7 heteroatoms. The van der Waals surface area contributed by atoms with Gasteiger partial charge >= 0.3 is 0 Å². The lowest BCUT2D eigenvalue weighted by molar-refractivity contribution is -0.328. The zero-order valence-corrected chi connectivity index (χ0v) is 19.5. The number of rotatable bonds is 1. The SMILES string of the molecule is CN1C2CC3C(COC4(C)OC5(CC34)OC(CO)CC5=O)C1Cc1c2n(C)c2ccccc12. The quantitative estimate of drug-likeness (QED) is 0.717. The predicted octanol–water partition coefficient (Wildman–Crippen LogP) is 2.54. The molecule has 176 valence electrons. The molecule has 6 heterocycles. The highest BCUT2D eigenvalue weighted by molar-refractivity contribution is 5.88. The van der Waals surface area contributed by atoms with E-state index in [9.17, 15) is 9.90 Å². The molecule has 5 aliphatic rings. The van der Waals surface area contributed by atoms with Crippen LogP contribution in [0.2, 0.25) is 0 Å². The second-order valence-electron chi connectivity index (χ2n) is 11.0. The summed E-state index contributed by atoms with van der Waals surface area (Å²) in [6.07, 6.45) is 2.29. The molecule has 2 aromatic rings. The standard InChI is InChI=1S/C26H32N2O5/c1-25-19(11-26(33-25)23(30)8-14(12-29)32-26)16-9-22-24-17(10-21(27(22)2)18(16)13-31-25)15-6-4-5-7-20(15)28(24)3/h4-7,14,16,18-19,21-22,29H,8-13H2,1-3H3. The fraction of sp³-hybridized carbons (Fsp3) is 0.654. The first-order valence-corrected chi connectivity index (χ1v) is 12.3. The lowest BCUT2D eigenvalue weighted by Gasteiger charge is -2.57. The maximum atomic E-state index is 12.9. The van der Waals surface area contributed by atoms with E-state index < -0.39 is 17.7 Å². The Morgan fingerprint density at radius 2 is 2.00 bits per heavy atom. The molecule has 1 aromatic carbocycles. The van der Waals surface area contributed by atoms with E-state index >= 15 is 0 Å². The minimum Gasteiger partial charge on any atom is -0.394 e. The molecule has 0 amide bonds. The van der Waals surface area contributed by atoms with Gasteiger partial charge in [0, 0.05) is 54.4 Å². The third-order valence-corrected chi connectivity index (χ3v) is 9.55. The first-order chi connectivity index (χ1) is 15.8. The molecule has 4 saturated heterocycles. The van der Waals surface area contributed by atoms with Gasteiger partial charge in [0.25, 0.3) is 0 Å². The van der Waals surface area contributed by atoms with Crippen molar-refractivity contribution in [3.63, 3.8) is 0 Å². The van der Waals surface area contributed by atoms with Crippen molar-refractivity contribution in [2.75, 3.05) is 20.3 Å². The predicted molar refractivity (Wildman–Crippen MR) is 120 cm³/mol. The monoisotopic (exact) mass is 452 g/mol. The maximum Gasteiger partial charge on any atom is 0.232 e. The summed E-state index contributed by atoms with van der Waals surface area (Å²) in [6, 6.07) is 9.48. The number of aliphatic hydroxyl groups is 1. The molecule has 7 nitrogen and oxygen atoms in total. The largest absolute Gasteiger partial charge is 0.394 e. The summed E-state index contributed by atoms with van der Waals surface area (Å²) < 4.78 is 21.2. The lowest BCUT2D eigenvalue weighted by atomic mass is 9.63. The lowest BCUT2D eigenvalue weighted by Crippen LogP contribution is -2.60. The molecular weight excluding hydrogens is 420 g/mol. The summed E-state index contributed by atoms with van der Waals surface area (Å²) in [4.78, 5) is 15.5. The Morgan fingerprint density at radius 3 is 2.79 bits per heavy atom. The van der Waals surface area contributed by atoms with Crippen LogP contribution >= 0.6 is 0 Å². The normalized spacial score (nSPS) is 44.3. The van der Waals surface area contributed by atoms with Crippen molar-refractivity contribution in [2.45, 2.75) is 62.4 Å². The van der Waals surface area contributed by atoms with E-state index in [0.29, 0.717) is 36.9 Å². The Kier molecular flexibility index (Phi) is 4.16. The average molecular weight is 453 g/mol. The van der Waals surface area contributed by atoms with Gasteiger partial charge in [-0.1, -0.05) is 18.2 Å². The summed E-state index contributed by atoms with van der Waals surface area (Å²) in [7, 11) is 4.46. The van der Waals surface area contributed by atoms with E-state index in [1.165, 1.54) is 22.2 Å². The van der Waals surface area contributed by atoms with Crippen LogP contribution in [0.25, 0.3) is 10.9 Å². The summed E-state index contributed by atoms with van der Waals surface area (Å²) >= 11 is 0. The molecule has 1 N–H and O–H groups in total. The van der Waals surface area contributed by atoms with Gasteiger partial charge in [0.15, 0.2) is 11.6 Å². The number of Topliss-reactive ketones (excluding diaryl/α,β-unsaturated/α-hetero) is 1. The van der Waals surface area contributed by atoms with Crippen LogP contribution in [0.3, 0.4) is 0 Å². The van der Waals surface area contributed by atoms with Crippen LogP contribution in [-0.2, 0) is 32.5 Å². The van der Waals surface area contributed by atoms with E-state index in [4.69, 9.17) is 14.2 Å². The topological polar surface area (TPSA) is 73.2 Å². The summed E-state index contributed by atoms with van der Waals surface area (Å²) in [5.74, 6) is -1.27. The van der Waals surface area contributed by atoms with Gasteiger partial charge in [-0.15, -0.1) is 0 Å². The van der Waals surface area contributed by atoms with Crippen molar-refractivity contribution < 1.29 is 24.1 Å². The van der Waals surface area contributed by atoms with E-state index in [1.54, 1.807) is 0 Å². The number of likely N-dealkylation sites (N-methyl/N-ethyl adjacent to an activating group) is 1. The summed E-state index contributed by atoms with van der Waals surface area (Å²) in [5, 5.41) is 11.0. The Morgan fingerprint density at radius 1 is 1.18 bits per heavy atom. The van der Waals surface area contributed by atoms with Gasteiger partial charge in [0.1, 0.15) is 0 Å². The molecule has 1 spiro atoms. The first kappa shape index (κ1) is 20.6. The van der Waals surface area contributed by atoms with Gasteiger partial charge in [-0.25, -0.2) is 0 Å². The third kappa shape index (κ3) is 2.55. The number of aliphatic hydroxyl groups excluding tert-OH is 1. The third-order valence-electron chi connectivity index (χ3n) is 9.55. The fourth-order valence-corrected chi connectivity index (χ4v) is 8.00. The van der Waals surface area contributed by atoms with Crippen LogP contribution < -0.4 is 0 Å². The molecule has 1 aromatic heterocycles. The number of fused-ring (bicyclic) bond motifs is 10. The zero-order valence-electron chi connectivity index (χ0n) is 19.5. The van der Waals surface area contributed by atoms with Crippen LogP contribution in [0.15, 0.2) is 24.3 Å². The number of benzene rings is 1. The second kappa shape index (κ2) is 6.67. The van der Waals surface area contributed by atoms with E-state index in [0.717, 1.165) is 12.8 Å². The Balaban J connectivity index is 1.28. The molecule has 33 heavy (non-hydrogen) atoms. The molecule has 4 fully saturated rings. The maximum absolute atomic E-state index is 12.9. The van der Waals surface area contributed by atoms with Crippen molar-refractivity contribution in [1.29, 1.82) is 0 Å². The molecule has 8 atom stereocenters. The number of piperidine rings is 1. The highest BCUT2D eigenvalue weighted by atomic mass is 16.8. The fourth-order valence-electron chi connectivity index (χ4n) is 8.00. The highest BCUT2D eigenvalue weighted by Crippen LogP contribution is 2.60. The Hall–Kier alpha value is -1.77. The van der Waals surface area contributed by atoms with Crippen molar-refractivity contribution in [1.82, 2.24) is 9.47 Å². The van der Waals surface area contributed by atoms with Crippen LogP contribution in [0.4, 0.5) is 0 Å². The van der Waals surface area contributed by atoms with Crippen molar-refractivity contribution in [2.24, 2.45) is 24.8 Å². The number of nitrogens with zero attached hydrogens (tertiary/aromatic N) is 2. The van der Waals surface area contributed by atoms with Crippen LogP contribution in [0.5, 0.6) is 0 Å².